The molecule has 18 heavy (non-hydrogen) atoms. The van der Waals surface area contributed by atoms with Gasteiger partial charge in [-0.25, -0.2) is 4.98 Å². The Morgan fingerprint density at radius 3 is 2.61 bits per heavy atom. The smallest absolute Gasteiger partial charge is 0.116 e. The van der Waals surface area contributed by atoms with Crippen LogP contribution >= 0.6 is 22.7 Å². The van der Waals surface area contributed by atoms with E-state index in [-0.39, 0.29) is 0 Å². The predicted octanol–water partition coefficient (Wildman–Crippen LogP) is 5.04. The van der Waals surface area contributed by atoms with Crippen molar-refractivity contribution in [3.05, 3.63) is 63.1 Å². The van der Waals surface area contributed by atoms with Gasteiger partial charge in [-0.1, -0.05) is 36.4 Å². The Bertz CT molecular complexity index is 636. The van der Waals surface area contributed by atoms with Gasteiger partial charge in [0.1, 0.15) is 5.01 Å². The van der Waals surface area contributed by atoms with E-state index in [1.807, 2.05) is 18.2 Å². The van der Waals surface area contributed by atoms with Gasteiger partial charge in [-0.15, -0.1) is 11.3 Å². The Hall–Kier alpha value is -1.71. The second-order valence-electron chi connectivity index (χ2n) is 3.83. The zero-order chi connectivity index (χ0) is 12.2. The third kappa shape index (κ3) is 2.58. The van der Waals surface area contributed by atoms with Gasteiger partial charge < -0.3 is 0 Å². The molecule has 0 aliphatic rings. The van der Waals surface area contributed by atoms with Crippen LogP contribution in [0.15, 0.2) is 52.5 Å². The zero-order valence-electron chi connectivity index (χ0n) is 9.61. The van der Waals surface area contributed by atoms with Gasteiger partial charge in [0, 0.05) is 10.9 Å². The standard InChI is InChI=1S/C15H11NS2/c1-2-4-13(5-3-1)14-11-18-15(16-14)7-6-12-8-9-17-10-12/h1-11H/b7-6-. The minimum absolute atomic E-state index is 1.04. The first-order valence-electron chi connectivity index (χ1n) is 5.63. The van der Waals surface area contributed by atoms with Gasteiger partial charge in [0.2, 0.25) is 0 Å². The van der Waals surface area contributed by atoms with E-state index in [9.17, 15) is 0 Å². The van der Waals surface area contributed by atoms with Gasteiger partial charge in [-0.2, -0.15) is 11.3 Å². The Morgan fingerprint density at radius 1 is 0.944 bits per heavy atom. The highest BCUT2D eigenvalue weighted by atomic mass is 32.1. The molecule has 1 nitrogen and oxygen atoms in total. The van der Waals surface area contributed by atoms with Crippen LogP contribution in [0, 0.1) is 0 Å². The fourth-order valence-electron chi connectivity index (χ4n) is 1.64. The molecule has 1 aromatic carbocycles. The van der Waals surface area contributed by atoms with Crippen molar-refractivity contribution < 1.29 is 0 Å². The maximum atomic E-state index is 4.62. The molecule has 0 radical (unpaired) electrons. The van der Waals surface area contributed by atoms with Crippen molar-refractivity contribution in [2.24, 2.45) is 0 Å². The van der Waals surface area contributed by atoms with Gasteiger partial charge in [0.05, 0.1) is 5.69 Å². The summed E-state index contributed by atoms with van der Waals surface area (Å²) < 4.78 is 0. The molecule has 88 valence electrons. The normalized spacial score (nSPS) is 11.1. The lowest BCUT2D eigenvalue weighted by molar-refractivity contribution is 1.39. The molecule has 3 heteroatoms. The summed E-state index contributed by atoms with van der Waals surface area (Å²) in [5.74, 6) is 0. The lowest BCUT2D eigenvalue weighted by Gasteiger charge is -1.93. The molecular weight excluding hydrogens is 258 g/mol. The zero-order valence-corrected chi connectivity index (χ0v) is 11.2. The lowest BCUT2D eigenvalue weighted by Crippen LogP contribution is -1.76. The summed E-state index contributed by atoms with van der Waals surface area (Å²) in [5.41, 5.74) is 3.45. The lowest BCUT2D eigenvalue weighted by atomic mass is 10.2. The Kier molecular flexibility index (Phi) is 3.35. The second kappa shape index (κ2) is 5.29. The summed E-state index contributed by atoms with van der Waals surface area (Å²) in [5, 5.41) is 7.35. The third-order valence-corrected chi connectivity index (χ3v) is 4.06. The summed E-state index contributed by atoms with van der Waals surface area (Å²) in [7, 11) is 0. The van der Waals surface area contributed by atoms with Crippen LogP contribution < -0.4 is 0 Å². The summed E-state index contributed by atoms with van der Waals surface area (Å²) in [6.07, 6.45) is 4.17. The predicted molar refractivity (Wildman–Crippen MR) is 80.8 cm³/mol. The monoisotopic (exact) mass is 269 g/mol. The Morgan fingerprint density at radius 2 is 1.83 bits per heavy atom. The molecule has 0 N–H and O–H groups in total. The molecule has 0 atom stereocenters. The molecule has 0 amide bonds. The number of benzene rings is 1. The molecule has 3 rings (SSSR count). The summed E-state index contributed by atoms with van der Waals surface area (Å²) in [4.78, 5) is 4.62. The molecule has 0 aliphatic heterocycles. The summed E-state index contributed by atoms with van der Waals surface area (Å²) >= 11 is 3.38. The van der Waals surface area contributed by atoms with Crippen molar-refractivity contribution in [1.82, 2.24) is 4.98 Å². The van der Waals surface area contributed by atoms with E-state index in [1.54, 1.807) is 22.7 Å². The maximum Gasteiger partial charge on any atom is 0.116 e. The molecule has 0 saturated heterocycles. The number of hydrogen-bond acceptors (Lipinski definition) is 3. The number of hydrogen-bond donors (Lipinski definition) is 0. The van der Waals surface area contributed by atoms with Gasteiger partial charge in [-0.05, 0) is 28.5 Å². The molecule has 0 unspecified atom stereocenters. The highest BCUT2D eigenvalue weighted by molar-refractivity contribution is 7.11. The van der Waals surface area contributed by atoms with Crippen molar-refractivity contribution >= 4 is 34.8 Å². The van der Waals surface area contributed by atoms with E-state index < -0.39 is 0 Å². The van der Waals surface area contributed by atoms with Gasteiger partial charge in [-0.3, -0.25) is 0 Å². The van der Waals surface area contributed by atoms with Crippen LogP contribution in [0.3, 0.4) is 0 Å². The average Bonchev–Trinajstić information content (AvgIpc) is 3.09. The Labute approximate surface area is 114 Å². The van der Waals surface area contributed by atoms with Crippen LogP contribution in [-0.4, -0.2) is 4.98 Å². The van der Waals surface area contributed by atoms with Crippen LogP contribution in [0.4, 0.5) is 0 Å². The SMILES string of the molecule is C(=C/c1nc(-c2ccccc2)cs1)/c1ccsc1. The highest BCUT2D eigenvalue weighted by Gasteiger charge is 2.01. The minimum Gasteiger partial charge on any atom is -0.237 e. The quantitative estimate of drug-likeness (QED) is 0.649. The molecule has 0 bridgehead atoms. The minimum atomic E-state index is 1.04. The third-order valence-electron chi connectivity index (χ3n) is 2.55. The van der Waals surface area contributed by atoms with E-state index >= 15 is 0 Å². The molecule has 2 aromatic heterocycles. The van der Waals surface area contributed by atoms with Crippen molar-refractivity contribution in [2.45, 2.75) is 0 Å². The molecule has 0 fully saturated rings. The summed E-state index contributed by atoms with van der Waals surface area (Å²) in [6.45, 7) is 0. The van der Waals surface area contributed by atoms with Crippen molar-refractivity contribution in [2.75, 3.05) is 0 Å². The van der Waals surface area contributed by atoms with Crippen molar-refractivity contribution in [3.8, 4) is 11.3 Å². The number of nitrogens with zero attached hydrogens (tertiary/aromatic N) is 1. The van der Waals surface area contributed by atoms with Gasteiger partial charge in [0.15, 0.2) is 0 Å². The average molecular weight is 269 g/mol. The number of thiophene rings is 1. The van der Waals surface area contributed by atoms with Crippen LogP contribution in [0.25, 0.3) is 23.4 Å². The highest BCUT2D eigenvalue weighted by Crippen LogP contribution is 2.22. The van der Waals surface area contributed by atoms with E-state index in [0.717, 1.165) is 10.7 Å². The first-order chi connectivity index (χ1) is 8.92. The fraction of sp³-hybridized carbons (Fsp3) is 0. The van der Waals surface area contributed by atoms with E-state index in [4.69, 9.17) is 0 Å². The van der Waals surface area contributed by atoms with Gasteiger partial charge >= 0.3 is 0 Å². The fourth-order valence-corrected chi connectivity index (χ4v) is 2.99. The largest absolute Gasteiger partial charge is 0.237 e. The molecule has 0 saturated carbocycles. The molecular formula is C15H11NS2. The van der Waals surface area contributed by atoms with Crippen molar-refractivity contribution in [1.29, 1.82) is 0 Å². The molecule has 0 aliphatic carbocycles. The van der Waals surface area contributed by atoms with Crippen LogP contribution in [-0.2, 0) is 0 Å². The molecule has 3 aromatic rings. The molecule has 2 heterocycles. The number of thiazole rings is 1. The van der Waals surface area contributed by atoms with E-state index in [2.05, 4.69) is 51.5 Å². The topological polar surface area (TPSA) is 12.9 Å². The van der Waals surface area contributed by atoms with Crippen LogP contribution in [0.5, 0.6) is 0 Å². The maximum absolute atomic E-state index is 4.62. The van der Waals surface area contributed by atoms with E-state index in [0.29, 0.717) is 0 Å². The number of rotatable bonds is 3. The Balaban J connectivity index is 1.82. The second-order valence-corrected chi connectivity index (χ2v) is 5.50. The van der Waals surface area contributed by atoms with E-state index in [1.165, 1.54) is 11.1 Å². The van der Waals surface area contributed by atoms with Gasteiger partial charge in [0.25, 0.3) is 0 Å². The van der Waals surface area contributed by atoms with Crippen LogP contribution in [0.1, 0.15) is 10.6 Å². The first-order valence-corrected chi connectivity index (χ1v) is 7.45. The first kappa shape index (κ1) is 11.4. The van der Waals surface area contributed by atoms with Crippen molar-refractivity contribution in [3.63, 3.8) is 0 Å². The number of aromatic nitrogens is 1. The molecule has 0 spiro atoms. The van der Waals surface area contributed by atoms with Crippen LogP contribution in [0.2, 0.25) is 0 Å². The summed E-state index contributed by atoms with van der Waals surface area (Å²) in [6, 6.07) is 12.4.